The number of aliphatic imine (C=N–C) groups is 1. The molecule has 30 heavy (non-hydrogen) atoms. The van der Waals surface area contributed by atoms with Gasteiger partial charge in [0.1, 0.15) is 11.5 Å². The van der Waals surface area contributed by atoms with Gasteiger partial charge in [-0.1, -0.05) is 12.1 Å². The number of methoxy groups -OCH3 is 2. The number of thiophene rings is 1. The third-order valence-electron chi connectivity index (χ3n) is 4.56. The van der Waals surface area contributed by atoms with Crippen LogP contribution in [-0.4, -0.2) is 37.2 Å². The van der Waals surface area contributed by atoms with Gasteiger partial charge in [0.25, 0.3) is 5.91 Å². The minimum Gasteiger partial charge on any atom is -0.497 e. The molecule has 1 aliphatic heterocycles. The smallest absolute Gasteiger partial charge is 0.266 e. The highest BCUT2D eigenvalue weighted by Gasteiger charge is 2.30. The highest BCUT2D eigenvalue weighted by atomic mass is 32.2. The van der Waals surface area contributed by atoms with Crippen molar-refractivity contribution < 1.29 is 14.3 Å². The minimum absolute atomic E-state index is 0.0522. The van der Waals surface area contributed by atoms with Gasteiger partial charge >= 0.3 is 0 Å². The first-order valence-electron chi connectivity index (χ1n) is 9.22. The second-order valence-electron chi connectivity index (χ2n) is 6.50. The molecule has 0 N–H and O–H groups in total. The summed E-state index contributed by atoms with van der Waals surface area (Å²) in [6.45, 7) is 0. The lowest BCUT2D eigenvalue weighted by Crippen LogP contribution is -2.23. The summed E-state index contributed by atoms with van der Waals surface area (Å²) in [5, 5.41) is 0.654. The van der Waals surface area contributed by atoms with E-state index in [-0.39, 0.29) is 5.91 Å². The Morgan fingerprint density at radius 2 is 1.73 bits per heavy atom. The van der Waals surface area contributed by atoms with E-state index in [2.05, 4.69) is 11.1 Å². The molecule has 0 unspecified atom stereocenters. The first kappa shape index (κ1) is 20.3. The predicted molar refractivity (Wildman–Crippen MR) is 125 cm³/mol. The molecule has 0 atom stereocenters. The molecule has 1 saturated heterocycles. The number of hydrogen-bond donors (Lipinski definition) is 0. The van der Waals surface area contributed by atoms with Crippen molar-refractivity contribution in [3.05, 3.63) is 70.4 Å². The highest BCUT2D eigenvalue weighted by molar-refractivity contribution is 8.18. The molecule has 1 aromatic heterocycles. The molecule has 0 bridgehead atoms. The van der Waals surface area contributed by atoms with Crippen LogP contribution in [0, 0.1) is 0 Å². The van der Waals surface area contributed by atoms with Crippen molar-refractivity contribution in [2.45, 2.75) is 0 Å². The van der Waals surface area contributed by atoms with Crippen molar-refractivity contribution in [2.75, 3.05) is 21.3 Å². The van der Waals surface area contributed by atoms with E-state index in [1.54, 1.807) is 37.5 Å². The minimum atomic E-state index is -0.0522. The molecule has 1 fully saturated rings. The van der Waals surface area contributed by atoms with E-state index >= 15 is 0 Å². The molecule has 3 aromatic rings. The maximum atomic E-state index is 12.7. The van der Waals surface area contributed by atoms with Crippen LogP contribution in [0.1, 0.15) is 4.88 Å². The van der Waals surface area contributed by atoms with Crippen molar-refractivity contribution >= 4 is 45.9 Å². The van der Waals surface area contributed by atoms with Crippen molar-refractivity contribution in [3.8, 4) is 21.9 Å². The van der Waals surface area contributed by atoms with Gasteiger partial charge in [-0.25, -0.2) is 4.99 Å². The number of nitrogens with zero attached hydrogens (tertiary/aromatic N) is 2. The van der Waals surface area contributed by atoms with Gasteiger partial charge in [0, 0.05) is 16.8 Å². The molecule has 2 aromatic carbocycles. The summed E-state index contributed by atoms with van der Waals surface area (Å²) in [5.41, 5.74) is 1.86. The molecule has 5 nitrogen and oxygen atoms in total. The van der Waals surface area contributed by atoms with Crippen molar-refractivity contribution in [1.29, 1.82) is 0 Å². The summed E-state index contributed by atoms with van der Waals surface area (Å²) in [5.74, 6) is 1.54. The van der Waals surface area contributed by atoms with Gasteiger partial charge in [0.05, 0.1) is 24.8 Å². The predicted octanol–water partition coefficient (Wildman–Crippen LogP) is 5.67. The Labute approximate surface area is 183 Å². The quantitative estimate of drug-likeness (QED) is 0.484. The molecule has 2 heterocycles. The molecule has 0 saturated carbocycles. The Morgan fingerprint density at radius 3 is 2.47 bits per heavy atom. The van der Waals surface area contributed by atoms with E-state index in [0.717, 1.165) is 32.5 Å². The summed E-state index contributed by atoms with van der Waals surface area (Å²) < 4.78 is 10.5. The third kappa shape index (κ3) is 4.27. The summed E-state index contributed by atoms with van der Waals surface area (Å²) in [7, 11) is 5.03. The van der Waals surface area contributed by atoms with Crippen molar-refractivity contribution in [3.63, 3.8) is 0 Å². The molecule has 1 aliphatic rings. The van der Waals surface area contributed by atoms with E-state index in [1.165, 1.54) is 11.8 Å². The number of benzene rings is 2. The molecule has 1 amide bonds. The van der Waals surface area contributed by atoms with E-state index in [4.69, 9.17) is 9.47 Å². The van der Waals surface area contributed by atoms with E-state index in [1.807, 2.05) is 60.7 Å². The van der Waals surface area contributed by atoms with Crippen molar-refractivity contribution in [1.82, 2.24) is 4.90 Å². The zero-order valence-corrected chi connectivity index (χ0v) is 18.4. The summed E-state index contributed by atoms with van der Waals surface area (Å²) >= 11 is 3.02. The fourth-order valence-electron chi connectivity index (χ4n) is 2.91. The van der Waals surface area contributed by atoms with E-state index in [0.29, 0.717) is 10.1 Å². The SMILES string of the molecule is COc1ccc(/N=C2/S/C(=C\c3ccc(-c4cccc(OC)c4)s3)C(=O)N2C)cc1. The van der Waals surface area contributed by atoms with Crippen LogP contribution in [0.15, 0.2) is 70.6 Å². The number of hydrogen-bond acceptors (Lipinski definition) is 6. The fraction of sp³-hybridized carbons (Fsp3) is 0.130. The average molecular weight is 437 g/mol. The van der Waals surface area contributed by atoms with E-state index < -0.39 is 0 Å². The van der Waals surface area contributed by atoms with Crippen molar-refractivity contribution in [2.24, 2.45) is 4.99 Å². The maximum absolute atomic E-state index is 12.7. The standard InChI is InChI=1S/C23H20N2O3S2/c1-25-22(26)21(30-23(25)24-16-7-9-17(27-2)10-8-16)14-19-11-12-20(29-19)15-5-4-6-18(13-15)28-3/h4-14H,1-3H3/b21-14-,24-23+. The number of ether oxygens (including phenoxy) is 2. The second kappa shape index (κ2) is 8.77. The number of carbonyl (C=O) groups excluding carboxylic acids is 1. The van der Waals surface area contributed by atoms with Crippen LogP contribution in [0.5, 0.6) is 11.5 Å². The van der Waals surface area contributed by atoms with Gasteiger partial charge in [-0.15, -0.1) is 11.3 Å². The number of amidine groups is 1. The van der Waals surface area contributed by atoms with Crippen LogP contribution in [-0.2, 0) is 4.79 Å². The molecular formula is C23H20N2O3S2. The maximum Gasteiger partial charge on any atom is 0.266 e. The van der Waals surface area contributed by atoms with E-state index in [9.17, 15) is 4.79 Å². The second-order valence-corrected chi connectivity index (χ2v) is 8.63. The fourth-order valence-corrected chi connectivity index (χ4v) is 4.91. The van der Waals surface area contributed by atoms with Crippen LogP contribution in [0.25, 0.3) is 16.5 Å². The van der Waals surface area contributed by atoms with Gasteiger partial charge in [-0.05, 0) is 71.9 Å². The van der Waals surface area contributed by atoms with Crippen LogP contribution >= 0.6 is 23.1 Å². The third-order valence-corrected chi connectivity index (χ3v) is 6.70. The first-order valence-corrected chi connectivity index (χ1v) is 10.9. The van der Waals surface area contributed by atoms with Gasteiger partial charge in [-0.2, -0.15) is 0 Å². The Kier molecular flexibility index (Phi) is 5.92. The summed E-state index contributed by atoms with van der Waals surface area (Å²) in [6.07, 6.45) is 1.92. The number of likely N-dealkylation sites (N-methyl/N-ethyl adjacent to an activating group) is 1. The van der Waals surface area contributed by atoms with Crippen LogP contribution in [0.4, 0.5) is 5.69 Å². The Morgan fingerprint density at radius 1 is 0.967 bits per heavy atom. The number of thioether (sulfide) groups is 1. The zero-order valence-electron chi connectivity index (χ0n) is 16.8. The monoisotopic (exact) mass is 436 g/mol. The lowest BCUT2D eigenvalue weighted by molar-refractivity contribution is -0.121. The molecule has 0 aliphatic carbocycles. The van der Waals surface area contributed by atoms with Crippen LogP contribution in [0.3, 0.4) is 0 Å². The van der Waals surface area contributed by atoms with Gasteiger partial charge in [-0.3, -0.25) is 9.69 Å². The Balaban J connectivity index is 1.56. The molecular weight excluding hydrogens is 416 g/mol. The highest BCUT2D eigenvalue weighted by Crippen LogP contribution is 2.36. The van der Waals surface area contributed by atoms with Crippen LogP contribution < -0.4 is 9.47 Å². The van der Waals surface area contributed by atoms with Gasteiger partial charge in [0.2, 0.25) is 0 Å². The van der Waals surface area contributed by atoms with Crippen LogP contribution in [0.2, 0.25) is 0 Å². The number of rotatable bonds is 5. The zero-order chi connectivity index (χ0) is 21.1. The van der Waals surface area contributed by atoms with Gasteiger partial charge < -0.3 is 9.47 Å². The number of carbonyl (C=O) groups is 1. The molecule has 0 spiro atoms. The first-order chi connectivity index (χ1) is 14.6. The topological polar surface area (TPSA) is 51.1 Å². The molecule has 152 valence electrons. The van der Waals surface area contributed by atoms with Gasteiger partial charge in [0.15, 0.2) is 5.17 Å². The molecule has 4 rings (SSSR count). The average Bonchev–Trinajstić information content (AvgIpc) is 3.35. The summed E-state index contributed by atoms with van der Waals surface area (Å²) in [4.78, 5) is 21.7. The number of amides is 1. The Bertz CT molecular complexity index is 1130. The largest absolute Gasteiger partial charge is 0.497 e. The molecule has 7 heteroatoms. The summed E-state index contributed by atoms with van der Waals surface area (Å²) in [6, 6.07) is 19.5. The normalized spacial score (nSPS) is 16.5. The lowest BCUT2D eigenvalue weighted by Gasteiger charge is -2.07. The molecule has 0 radical (unpaired) electrons. The Hall–Kier alpha value is -3.03. The lowest BCUT2D eigenvalue weighted by atomic mass is 10.2.